The van der Waals surface area contributed by atoms with E-state index >= 15 is 0 Å². The van der Waals surface area contributed by atoms with Crippen LogP contribution in [0.2, 0.25) is 0 Å². The molecule has 1 aromatic rings. The summed E-state index contributed by atoms with van der Waals surface area (Å²) in [7, 11) is 0. The van der Waals surface area contributed by atoms with E-state index in [-0.39, 0.29) is 0 Å². The molecule has 0 saturated heterocycles. The molecule has 1 N–H and O–H groups in total. The molecule has 4 heteroatoms. The second-order valence-electron chi connectivity index (χ2n) is 4.69. The molecule has 0 aromatic carbocycles. The third-order valence-corrected chi connectivity index (χ3v) is 3.81. The third-order valence-electron chi connectivity index (χ3n) is 3.40. The van der Waals surface area contributed by atoms with Gasteiger partial charge in [-0.1, -0.05) is 0 Å². The minimum Gasteiger partial charge on any atom is -0.367 e. The quantitative estimate of drug-likeness (QED) is 0.838. The lowest BCUT2D eigenvalue weighted by molar-refractivity contribution is 0.648. The van der Waals surface area contributed by atoms with E-state index in [0.29, 0.717) is 6.04 Å². The van der Waals surface area contributed by atoms with Crippen LogP contribution in [0.25, 0.3) is 0 Å². The minimum absolute atomic E-state index is 0.634. The highest BCUT2D eigenvalue weighted by Crippen LogP contribution is 2.52. The predicted molar refractivity (Wildman–Crippen MR) is 62.7 cm³/mol. The van der Waals surface area contributed by atoms with Crippen molar-refractivity contribution in [3.8, 4) is 0 Å². The normalized spacial score (nSPS) is 32.5. The van der Waals surface area contributed by atoms with Crippen molar-refractivity contribution in [2.75, 3.05) is 5.32 Å². The Morgan fingerprint density at radius 3 is 2.67 bits per heavy atom. The van der Waals surface area contributed by atoms with Gasteiger partial charge in [-0.15, -0.1) is 0 Å². The second kappa shape index (κ2) is 3.44. The molecule has 15 heavy (non-hydrogen) atoms. The van der Waals surface area contributed by atoms with E-state index in [1.807, 2.05) is 13.0 Å². The predicted octanol–water partition coefficient (Wildman–Crippen LogP) is 2.76. The van der Waals surface area contributed by atoms with Crippen LogP contribution in [-0.2, 0) is 0 Å². The van der Waals surface area contributed by atoms with Gasteiger partial charge in [0.2, 0.25) is 0 Å². The second-order valence-corrected chi connectivity index (χ2v) is 5.50. The molecule has 2 fully saturated rings. The van der Waals surface area contributed by atoms with Crippen molar-refractivity contribution in [2.45, 2.75) is 32.2 Å². The fraction of sp³-hybridized carbons (Fsp3) is 0.636. The number of nitrogens with zero attached hydrogens (tertiary/aromatic N) is 2. The summed E-state index contributed by atoms with van der Waals surface area (Å²) in [5.74, 6) is 3.79. The first kappa shape index (κ1) is 9.58. The number of hydrogen-bond donors (Lipinski definition) is 1. The van der Waals surface area contributed by atoms with Gasteiger partial charge in [0.1, 0.15) is 16.2 Å². The molecule has 0 bridgehead atoms. The van der Waals surface area contributed by atoms with E-state index in [1.54, 1.807) is 0 Å². The molecule has 2 aliphatic rings. The van der Waals surface area contributed by atoms with Gasteiger partial charge < -0.3 is 5.32 Å². The van der Waals surface area contributed by atoms with Crippen LogP contribution in [0.15, 0.2) is 10.7 Å². The maximum absolute atomic E-state index is 4.39. The van der Waals surface area contributed by atoms with Crippen LogP contribution in [0, 0.1) is 18.8 Å². The van der Waals surface area contributed by atoms with Crippen molar-refractivity contribution in [1.29, 1.82) is 0 Å². The summed E-state index contributed by atoms with van der Waals surface area (Å²) < 4.78 is 0.862. The van der Waals surface area contributed by atoms with Crippen LogP contribution in [0.1, 0.15) is 25.1 Å². The van der Waals surface area contributed by atoms with Crippen molar-refractivity contribution in [3.05, 3.63) is 16.5 Å². The number of hydrogen-bond acceptors (Lipinski definition) is 3. The number of aromatic nitrogens is 2. The molecular formula is C11H14BrN3. The van der Waals surface area contributed by atoms with Gasteiger partial charge in [0, 0.05) is 12.1 Å². The topological polar surface area (TPSA) is 37.8 Å². The maximum Gasteiger partial charge on any atom is 0.131 e. The van der Waals surface area contributed by atoms with E-state index in [0.717, 1.165) is 28.1 Å². The molecule has 2 saturated carbocycles. The lowest BCUT2D eigenvalue weighted by Gasteiger charge is -2.15. The summed E-state index contributed by atoms with van der Waals surface area (Å²) in [6, 6.07) is 2.59. The van der Waals surface area contributed by atoms with Gasteiger partial charge >= 0.3 is 0 Å². The highest BCUT2D eigenvalue weighted by Gasteiger charge is 2.45. The molecule has 0 radical (unpaired) electrons. The summed E-state index contributed by atoms with van der Waals surface area (Å²) in [6.45, 7) is 1.92. The van der Waals surface area contributed by atoms with Gasteiger partial charge in [0.25, 0.3) is 0 Å². The summed E-state index contributed by atoms with van der Waals surface area (Å²) in [5.41, 5.74) is 0. The Bertz CT molecular complexity index is 363. The molecule has 2 aliphatic carbocycles. The Morgan fingerprint density at radius 2 is 2.00 bits per heavy atom. The Labute approximate surface area is 97.8 Å². The summed E-state index contributed by atoms with van der Waals surface area (Å²) in [6.07, 6.45) is 4.11. The van der Waals surface area contributed by atoms with E-state index in [9.17, 15) is 0 Å². The zero-order chi connectivity index (χ0) is 10.4. The van der Waals surface area contributed by atoms with Crippen molar-refractivity contribution in [3.63, 3.8) is 0 Å². The van der Waals surface area contributed by atoms with Crippen molar-refractivity contribution >= 4 is 21.7 Å². The van der Waals surface area contributed by atoms with E-state index in [4.69, 9.17) is 0 Å². The van der Waals surface area contributed by atoms with Crippen LogP contribution < -0.4 is 5.32 Å². The van der Waals surface area contributed by atoms with E-state index < -0.39 is 0 Å². The van der Waals surface area contributed by atoms with Gasteiger partial charge in [-0.2, -0.15) is 0 Å². The standard InChI is InChI=1S/C11H14BrN3/c1-6-13-10(12)5-11(14-6)15-9-3-7-2-8(7)4-9/h5,7-9H,2-4H2,1H3,(H,13,14,15). The lowest BCUT2D eigenvalue weighted by Crippen LogP contribution is -2.18. The molecule has 0 aliphatic heterocycles. The summed E-state index contributed by atoms with van der Waals surface area (Å²) in [5, 5.41) is 3.50. The summed E-state index contributed by atoms with van der Waals surface area (Å²) in [4.78, 5) is 8.58. The van der Waals surface area contributed by atoms with Gasteiger partial charge in [0.05, 0.1) is 0 Å². The molecule has 0 spiro atoms. The monoisotopic (exact) mass is 267 g/mol. The van der Waals surface area contributed by atoms with Crippen LogP contribution in [0.5, 0.6) is 0 Å². The number of nitrogens with one attached hydrogen (secondary N) is 1. The number of fused-ring (bicyclic) bond motifs is 1. The maximum atomic E-state index is 4.39. The highest BCUT2D eigenvalue weighted by molar-refractivity contribution is 9.10. The Morgan fingerprint density at radius 1 is 1.27 bits per heavy atom. The number of aryl methyl sites for hydroxylation is 1. The Kier molecular flexibility index (Phi) is 2.20. The number of halogens is 1. The molecule has 3 nitrogen and oxygen atoms in total. The molecule has 2 atom stereocenters. The van der Waals surface area contributed by atoms with Gasteiger partial charge in [0.15, 0.2) is 0 Å². The molecule has 0 amide bonds. The van der Waals surface area contributed by atoms with Crippen molar-refractivity contribution in [1.82, 2.24) is 9.97 Å². The van der Waals surface area contributed by atoms with Gasteiger partial charge in [-0.25, -0.2) is 9.97 Å². The zero-order valence-electron chi connectivity index (χ0n) is 8.70. The number of anilines is 1. The van der Waals surface area contributed by atoms with Gasteiger partial charge in [-0.05, 0) is 54.0 Å². The average Bonchev–Trinajstić information content (AvgIpc) is 2.72. The Hall–Kier alpha value is -0.640. The molecular weight excluding hydrogens is 254 g/mol. The van der Waals surface area contributed by atoms with Crippen LogP contribution >= 0.6 is 15.9 Å². The molecule has 2 unspecified atom stereocenters. The van der Waals surface area contributed by atoms with Crippen LogP contribution in [-0.4, -0.2) is 16.0 Å². The first-order valence-corrected chi connectivity index (χ1v) is 6.28. The minimum atomic E-state index is 0.634. The molecule has 80 valence electrons. The average molecular weight is 268 g/mol. The number of rotatable bonds is 2. The summed E-state index contributed by atoms with van der Waals surface area (Å²) >= 11 is 3.39. The smallest absolute Gasteiger partial charge is 0.131 e. The van der Waals surface area contributed by atoms with Crippen molar-refractivity contribution in [2.24, 2.45) is 11.8 Å². The first-order chi connectivity index (χ1) is 7.20. The molecule has 3 rings (SSSR count). The zero-order valence-corrected chi connectivity index (χ0v) is 10.3. The SMILES string of the molecule is Cc1nc(Br)cc(NC2CC3CC3C2)n1. The Balaban J connectivity index is 1.70. The fourth-order valence-electron chi connectivity index (χ4n) is 2.65. The van der Waals surface area contributed by atoms with Crippen LogP contribution in [0.4, 0.5) is 5.82 Å². The molecule has 1 heterocycles. The third kappa shape index (κ3) is 2.00. The molecule has 1 aromatic heterocycles. The van der Waals surface area contributed by atoms with Gasteiger partial charge in [-0.3, -0.25) is 0 Å². The van der Waals surface area contributed by atoms with Crippen molar-refractivity contribution < 1.29 is 0 Å². The first-order valence-electron chi connectivity index (χ1n) is 5.48. The lowest BCUT2D eigenvalue weighted by atomic mass is 10.1. The van der Waals surface area contributed by atoms with Crippen LogP contribution in [0.3, 0.4) is 0 Å². The fourth-order valence-corrected chi connectivity index (χ4v) is 3.12. The van der Waals surface area contributed by atoms with E-state index in [2.05, 4.69) is 31.2 Å². The highest BCUT2D eigenvalue weighted by atomic mass is 79.9. The van der Waals surface area contributed by atoms with E-state index in [1.165, 1.54) is 19.3 Å². The largest absolute Gasteiger partial charge is 0.367 e.